The summed E-state index contributed by atoms with van der Waals surface area (Å²) in [4.78, 5) is 9.84. The Balaban J connectivity index is 0.000000208. The molecule has 0 aliphatic heterocycles. The van der Waals surface area contributed by atoms with E-state index >= 15 is 0 Å². The zero-order valence-electron chi connectivity index (χ0n) is 34.4. The minimum atomic E-state index is -1.92. The van der Waals surface area contributed by atoms with Crippen LogP contribution in [0.4, 0.5) is 0 Å². The first kappa shape index (κ1) is 42.2. The fraction of sp³-hybridized carbons (Fsp3) is 0.260. The van der Waals surface area contributed by atoms with E-state index in [0.29, 0.717) is 23.3 Å². The smallest absolute Gasteiger partial charge is 0.0774 e. The summed E-state index contributed by atoms with van der Waals surface area (Å²) < 4.78 is 6.44. The van der Waals surface area contributed by atoms with Gasteiger partial charge in [-0.1, -0.05) is 81.6 Å². The average Bonchev–Trinajstić information content (AvgIpc) is 3.75. The van der Waals surface area contributed by atoms with Crippen LogP contribution in [-0.4, -0.2) is 27.8 Å². The average molecular weight is 1000 g/mol. The molecule has 0 saturated carbocycles. The molecule has 1 radical (unpaired) electrons. The Morgan fingerprint density at radius 1 is 0.754 bits per heavy atom. The van der Waals surface area contributed by atoms with Crippen molar-refractivity contribution >= 4 is 60.2 Å². The van der Waals surface area contributed by atoms with Crippen LogP contribution in [0.3, 0.4) is 0 Å². The van der Waals surface area contributed by atoms with Crippen molar-refractivity contribution in [3.05, 3.63) is 144 Å². The maximum atomic E-state index is 8.89. The number of nitrogens with zero attached hydrogens (tertiary/aromatic N) is 4. The third-order valence-corrected chi connectivity index (χ3v) is 15.8. The van der Waals surface area contributed by atoms with Crippen LogP contribution < -0.4 is 4.40 Å². The van der Waals surface area contributed by atoms with Crippen LogP contribution in [0, 0.1) is 29.4 Å². The zero-order chi connectivity index (χ0) is 39.7. The first-order valence-electron chi connectivity index (χ1n) is 19.7. The third kappa shape index (κ3) is 8.88. The molecule has 0 atom stereocenters. The van der Waals surface area contributed by atoms with Crippen molar-refractivity contribution in [1.82, 2.24) is 14.5 Å². The standard InChI is InChI=1S/C31H27N2S.C19H23GeN2.Ir/c1-19(2)22-11-9-12-23(20(3)4)30(22)33-27-14-7-6-13-26(27)32-31(33)21-16-17-29-25(18-21)24-10-5-8-15-28(24)34-29;1-14(2)10-17-11-19(22-13-18(17)20(3,4)5)16-8-6-15(12-21)7-9-16;/h5-15,17-20H,1-4H3;6-8,11,13-14H,10H2,1-5H3;/q2*-1;. The summed E-state index contributed by atoms with van der Waals surface area (Å²) in [5.41, 5.74) is 11.1. The molecule has 0 saturated heterocycles. The number of hydrogen-bond acceptors (Lipinski definition) is 4. The van der Waals surface area contributed by atoms with Gasteiger partial charge >= 0.3 is 136 Å². The molecule has 7 heteroatoms. The van der Waals surface area contributed by atoms with Gasteiger partial charge in [-0.25, -0.2) is 0 Å². The number of hydrogen-bond donors (Lipinski definition) is 0. The topological polar surface area (TPSA) is 54.5 Å². The Bertz CT molecular complexity index is 2680. The molecule has 291 valence electrons. The molecule has 0 unspecified atom stereocenters. The Hall–Kier alpha value is -4.38. The van der Waals surface area contributed by atoms with E-state index in [1.807, 2.05) is 23.5 Å². The fourth-order valence-corrected chi connectivity index (χ4v) is 12.0. The van der Waals surface area contributed by atoms with Gasteiger partial charge in [0.2, 0.25) is 0 Å². The first-order valence-corrected chi connectivity index (χ1v) is 27.9. The molecule has 0 amide bonds. The monoisotopic (exact) mass is 1010 g/mol. The summed E-state index contributed by atoms with van der Waals surface area (Å²) in [7, 11) is 0. The quantitative estimate of drug-likeness (QED) is 0.113. The number of nitriles is 1. The number of thiophene rings is 1. The molecule has 0 bridgehead atoms. The van der Waals surface area contributed by atoms with Gasteiger partial charge in [0, 0.05) is 30.5 Å². The van der Waals surface area contributed by atoms with Crippen LogP contribution in [0.15, 0.2) is 109 Å². The molecular formula is C50H50GeIrN4S-2. The van der Waals surface area contributed by atoms with Crippen molar-refractivity contribution in [2.45, 2.75) is 77.1 Å². The van der Waals surface area contributed by atoms with Crippen LogP contribution >= 0.6 is 11.3 Å². The summed E-state index contributed by atoms with van der Waals surface area (Å²) in [6.07, 6.45) is 3.17. The molecule has 8 aromatic rings. The molecule has 0 spiro atoms. The molecule has 0 fully saturated rings. The van der Waals surface area contributed by atoms with E-state index in [9.17, 15) is 0 Å². The molecule has 4 nitrogen and oxygen atoms in total. The molecule has 0 N–H and O–H groups in total. The second kappa shape index (κ2) is 17.6. The van der Waals surface area contributed by atoms with Crippen LogP contribution in [-0.2, 0) is 26.5 Å². The van der Waals surface area contributed by atoms with Gasteiger partial charge in [0.1, 0.15) is 0 Å². The van der Waals surface area contributed by atoms with Crippen LogP contribution in [0.2, 0.25) is 17.3 Å². The van der Waals surface area contributed by atoms with E-state index in [-0.39, 0.29) is 20.1 Å². The van der Waals surface area contributed by atoms with E-state index < -0.39 is 13.3 Å². The molecule has 57 heavy (non-hydrogen) atoms. The number of aromatic nitrogens is 3. The van der Waals surface area contributed by atoms with Gasteiger partial charge in [0.05, 0.1) is 16.9 Å². The predicted molar refractivity (Wildman–Crippen MR) is 241 cm³/mol. The number of imidazole rings is 1. The largest absolute Gasteiger partial charge is 0.333 e. The van der Waals surface area contributed by atoms with Gasteiger partial charge in [-0.05, 0) is 51.2 Å². The number of pyridine rings is 1. The minimum absolute atomic E-state index is 0. The van der Waals surface area contributed by atoms with E-state index in [0.717, 1.165) is 40.1 Å². The van der Waals surface area contributed by atoms with Gasteiger partial charge in [0.15, 0.2) is 0 Å². The molecule has 8 rings (SSSR count). The molecule has 3 aromatic heterocycles. The van der Waals surface area contributed by atoms with Crippen molar-refractivity contribution < 1.29 is 20.1 Å². The summed E-state index contributed by atoms with van der Waals surface area (Å²) in [6.45, 7) is 13.6. The fourth-order valence-electron chi connectivity index (χ4n) is 7.58. The van der Waals surface area contributed by atoms with E-state index in [1.165, 1.54) is 46.9 Å². The molecule has 5 aromatic carbocycles. The van der Waals surface area contributed by atoms with Crippen molar-refractivity contribution in [2.75, 3.05) is 0 Å². The molecular weight excluding hydrogens is 953 g/mol. The van der Waals surface area contributed by atoms with Crippen molar-refractivity contribution in [3.63, 3.8) is 0 Å². The number of fused-ring (bicyclic) bond motifs is 4. The number of para-hydroxylation sites is 3. The molecule has 0 aliphatic rings. The van der Waals surface area contributed by atoms with Crippen LogP contribution in [0.25, 0.3) is 59.5 Å². The van der Waals surface area contributed by atoms with E-state index in [2.05, 4.69) is 178 Å². The van der Waals surface area contributed by atoms with Gasteiger partial charge in [-0.3, -0.25) is 4.98 Å². The maximum absolute atomic E-state index is 8.89. The third-order valence-electron chi connectivity index (χ3n) is 10.3. The Morgan fingerprint density at radius 3 is 2.09 bits per heavy atom. The Labute approximate surface area is 358 Å². The minimum Gasteiger partial charge on any atom is -0.333 e. The van der Waals surface area contributed by atoms with Crippen LogP contribution in [0.5, 0.6) is 0 Å². The first-order chi connectivity index (χ1) is 26.8. The van der Waals surface area contributed by atoms with Gasteiger partial charge < -0.3 is 4.57 Å². The second-order valence-electron chi connectivity index (χ2n) is 16.8. The summed E-state index contributed by atoms with van der Waals surface area (Å²) in [5, 5.41) is 11.5. The predicted octanol–water partition coefficient (Wildman–Crippen LogP) is 13.3. The SMILES string of the molecule is CC(C)Cc1cc(-c2[c-]cc(C#N)cc2)nc[c]1[Ge]([CH3])([CH3])[CH3].CC(C)c1cccc(C(C)C)c1-n1c(-c2[c-]cc3sc4ccccc4c3c2)nc2ccccc21.[Ir]. The summed E-state index contributed by atoms with van der Waals surface area (Å²) in [6, 6.07) is 44.9. The van der Waals surface area contributed by atoms with Gasteiger partial charge in [0.25, 0.3) is 0 Å². The maximum Gasteiger partial charge on any atom is 0.0774 e. The Morgan fingerprint density at radius 2 is 1.44 bits per heavy atom. The molecule has 3 heterocycles. The van der Waals surface area contributed by atoms with Crippen molar-refractivity contribution in [2.24, 2.45) is 5.92 Å². The van der Waals surface area contributed by atoms with E-state index in [1.54, 1.807) is 6.07 Å². The summed E-state index contributed by atoms with van der Waals surface area (Å²) in [5.74, 6) is 9.61. The van der Waals surface area contributed by atoms with Crippen molar-refractivity contribution in [1.29, 1.82) is 5.26 Å². The van der Waals surface area contributed by atoms with E-state index in [4.69, 9.17) is 10.2 Å². The van der Waals surface area contributed by atoms with Gasteiger partial charge in [-0.2, -0.15) is 11.3 Å². The van der Waals surface area contributed by atoms with Crippen molar-refractivity contribution in [3.8, 4) is 34.4 Å². The van der Waals surface area contributed by atoms with Crippen LogP contribution in [0.1, 0.15) is 75.6 Å². The second-order valence-corrected chi connectivity index (χ2v) is 28.4. The molecule has 0 aliphatic carbocycles. The zero-order valence-corrected chi connectivity index (χ0v) is 39.7. The summed E-state index contributed by atoms with van der Waals surface area (Å²) >= 11 is -0.0939. The normalized spacial score (nSPS) is 11.6. The number of benzene rings is 5. The van der Waals surface area contributed by atoms with Gasteiger partial charge in [-0.15, -0.1) is 23.8 Å². The Kier molecular flexibility index (Phi) is 13.1. The number of rotatable bonds is 8.